The van der Waals surface area contributed by atoms with Gasteiger partial charge >= 0.3 is 0 Å². The van der Waals surface area contributed by atoms with E-state index in [4.69, 9.17) is 10.8 Å². The van der Waals surface area contributed by atoms with Gasteiger partial charge < -0.3 is 15.7 Å². The quantitative estimate of drug-likeness (QED) is 0.868. The summed E-state index contributed by atoms with van der Waals surface area (Å²) < 4.78 is 0. The number of anilines is 1. The largest absolute Gasteiger partial charge is 0.395 e. The zero-order valence-corrected chi connectivity index (χ0v) is 11.5. The maximum absolute atomic E-state index is 12.6. The first-order valence-electron chi connectivity index (χ1n) is 6.72. The Morgan fingerprint density at radius 3 is 2.80 bits per heavy atom. The van der Waals surface area contributed by atoms with Gasteiger partial charge in [0.05, 0.1) is 17.7 Å². The first kappa shape index (κ1) is 14.3. The molecule has 5 nitrogen and oxygen atoms in total. The number of benzene rings is 1. The maximum atomic E-state index is 12.6. The van der Waals surface area contributed by atoms with Crippen LogP contribution in [0.5, 0.6) is 0 Å². The maximum Gasteiger partial charge on any atom is 0.254 e. The Morgan fingerprint density at radius 2 is 2.10 bits per heavy atom. The molecule has 0 aliphatic rings. The molecule has 1 amide bonds. The van der Waals surface area contributed by atoms with Crippen LogP contribution in [0.25, 0.3) is 10.9 Å². The number of aliphatic hydroxyl groups is 1. The number of amides is 1. The van der Waals surface area contributed by atoms with Crippen LogP contribution in [0.3, 0.4) is 0 Å². The number of carbonyl (C=O) groups excluding carboxylic acids is 1. The van der Waals surface area contributed by atoms with E-state index in [1.165, 1.54) is 0 Å². The van der Waals surface area contributed by atoms with Gasteiger partial charge in [0.1, 0.15) is 5.82 Å². The lowest BCUT2D eigenvalue weighted by molar-refractivity contribution is 0.0724. The van der Waals surface area contributed by atoms with Crippen molar-refractivity contribution < 1.29 is 9.90 Å². The number of para-hydroxylation sites is 1. The van der Waals surface area contributed by atoms with Gasteiger partial charge in [-0.1, -0.05) is 25.1 Å². The van der Waals surface area contributed by atoms with Crippen molar-refractivity contribution in [3.8, 4) is 0 Å². The molecule has 0 spiro atoms. The number of nitrogen functional groups attached to an aromatic ring is 1. The van der Waals surface area contributed by atoms with E-state index in [9.17, 15) is 4.79 Å². The summed E-state index contributed by atoms with van der Waals surface area (Å²) in [4.78, 5) is 18.5. The molecule has 2 rings (SSSR count). The van der Waals surface area contributed by atoms with Crippen molar-refractivity contribution in [2.75, 3.05) is 25.4 Å². The van der Waals surface area contributed by atoms with Crippen molar-refractivity contribution in [3.63, 3.8) is 0 Å². The fraction of sp³-hybridized carbons (Fsp3) is 0.333. The highest BCUT2D eigenvalue weighted by Gasteiger charge is 2.18. The second-order valence-corrected chi connectivity index (χ2v) is 4.63. The van der Waals surface area contributed by atoms with Crippen molar-refractivity contribution in [2.45, 2.75) is 13.3 Å². The van der Waals surface area contributed by atoms with Crippen molar-refractivity contribution in [3.05, 3.63) is 35.9 Å². The van der Waals surface area contributed by atoms with E-state index in [-0.39, 0.29) is 12.5 Å². The topological polar surface area (TPSA) is 79.5 Å². The summed E-state index contributed by atoms with van der Waals surface area (Å²) in [6, 6.07) is 9.02. The van der Waals surface area contributed by atoms with Crippen molar-refractivity contribution >= 4 is 22.6 Å². The fourth-order valence-corrected chi connectivity index (χ4v) is 2.25. The number of pyridine rings is 1. The van der Waals surface area contributed by atoms with Crippen LogP contribution in [0.4, 0.5) is 5.82 Å². The summed E-state index contributed by atoms with van der Waals surface area (Å²) in [5.74, 6) is 0.207. The van der Waals surface area contributed by atoms with Crippen LogP contribution in [-0.2, 0) is 0 Å². The molecule has 3 N–H and O–H groups in total. The SMILES string of the molecule is CCCN(CCO)C(=O)c1cc(N)nc2ccccc12. The predicted octanol–water partition coefficient (Wildman–Crippen LogP) is 1.66. The van der Waals surface area contributed by atoms with Gasteiger partial charge in [-0.15, -0.1) is 0 Å². The summed E-state index contributed by atoms with van der Waals surface area (Å²) >= 11 is 0. The van der Waals surface area contributed by atoms with Gasteiger partial charge in [0, 0.05) is 18.5 Å². The first-order chi connectivity index (χ1) is 9.67. The summed E-state index contributed by atoms with van der Waals surface area (Å²) in [6.45, 7) is 2.88. The third-order valence-electron chi connectivity index (χ3n) is 3.12. The minimum atomic E-state index is -0.119. The number of hydrogen-bond acceptors (Lipinski definition) is 4. The highest BCUT2D eigenvalue weighted by molar-refractivity contribution is 6.06. The zero-order valence-electron chi connectivity index (χ0n) is 11.5. The normalized spacial score (nSPS) is 10.7. The molecule has 0 saturated heterocycles. The molecule has 0 bridgehead atoms. The van der Waals surface area contributed by atoms with Crippen LogP contribution in [-0.4, -0.2) is 40.6 Å². The average molecular weight is 273 g/mol. The lowest BCUT2D eigenvalue weighted by atomic mass is 10.1. The van der Waals surface area contributed by atoms with Crippen LogP contribution >= 0.6 is 0 Å². The average Bonchev–Trinajstić information content (AvgIpc) is 2.45. The number of hydrogen-bond donors (Lipinski definition) is 2. The smallest absolute Gasteiger partial charge is 0.254 e. The Morgan fingerprint density at radius 1 is 1.35 bits per heavy atom. The van der Waals surface area contributed by atoms with Crippen LogP contribution in [0.1, 0.15) is 23.7 Å². The van der Waals surface area contributed by atoms with E-state index in [0.29, 0.717) is 30.0 Å². The van der Waals surface area contributed by atoms with E-state index in [0.717, 1.165) is 11.8 Å². The number of nitrogens with two attached hydrogens (primary N) is 1. The van der Waals surface area contributed by atoms with E-state index in [1.54, 1.807) is 11.0 Å². The van der Waals surface area contributed by atoms with E-state index >= 15 is 0 Å². The lowest BCUT2D eigenvalue weighted by Gasteiger charge is -2.22. The third-order valence-corrected chi connectivity index (χ3v) is 3.12. The molecule has 1 heterocycles. The highest BCUT2D eigenvalue weighted by Crippen LogP contribution is 2.21. The highest BCUT2D eigenvalue weighted by atomic mass is 16.3. The number of carbonyl (C=O) groups is 1. The molecular formula is C15H19N3O2. The number of fused-ring (bicyclic) bond motifs is 1. The first-order valence-corrected chi connectivity index (χ1v) is 6.72. The molecule has 2 aromatic rings. The number of nitrogens with zero attached hydrogens (tertiary/aromatic N) is 2. The Kier molecular flexibility index (Phi) is 4.53. The molecule has 5 heteroatoms. The monoisotopic (exact) mass is 273 g/mol. The Balaban J connectivity index is 2.47. The third kappa shape index (κ3) is 2.88. The molecular weight excluding hydrogens is 254 g/mol. The Labute approximate surface area is 118 Å². The number of aromatic nitrogens is 1. The van der Waals surface area contributed by atoms with Crippen LogP contribution in [0.15, 0.2) is 30.3 Å². The van der Waals surface area contributed by atoms with Gasteiger partial charge in [0.15, 0.2) is 0 Å². The summed E-state index contributed by atoms with van der Waals surface area (Å²) in [7, 11) is 0. The second-order valence-electron chi connectivity index (χ2n) is 4.63. The number of aliphatic hydroxyl groups excluding tert-OH is 1. The molecule has 0 aliphatic carbocycles. The second kappa shape index (κ2) is 6.34. The van der Waals surface area contributed by atoms with Gasteiger partial charge in [0.25, 0.3) is 5.91 Å². The standard InChI is InChI=1S/C15H19N3O2/c1-2-7-18(8-9-19)15(20)12-10-14(16)17-13-6-4-3-5-11(12)13/h3-6,10,19H,2,7-9H2,1H3,(H2,16,17). The van der Waals surface area contributed by atoms with Crippen LogP contribution < -0.4 is 5.73 Å². The lowest BCUT2D eigenvalue weighted by Crippen LogP contribution is -2.34. The fourth-order valence-electron chi connectivity index (χ4n) is 2.25. The molecule has 1 aromatic carbocycles. The van der Waals surface area contributed by atoms with E-state index in [2.05, 4.69) is 4.98 Å². The summed E-state index contributed by atoms with van der Waals surface area (Å²) in [6.07, 6.45) is 0.838. The molecule has 0 aliphatic heterocycles. The van der Waals surface area contributed by atoms with Crippen molar-refractivity contribution in [1.82, 2.24) is 9.88 Å². The molecule has 106 valence electrons. The molecule has 1 aromatic heterocycles. The van der Waals surface area contributed by atoms with Gasteiger partial charge in [-0.25, -0.2) is 4.98 Å². The van der Waals surface area contributed by atoms with Crippen molar-refractivity contribution in [2.24, 2.45) is 0 Å². The Bertz CT molecular complexity index is 607. The van der Waals surface area contributed by atoms with Gasteiger partial charge in [0.2, 0.25) is 0 Å². The molecule has 0 unspecified atom stereocenters. The van der Waals surface area contributed by atoms with E-state index < -0.39 is 0 Å². The van der Waals surface area contributed by atoms with Gasteiger partial charge in [-0.05, 0) is 18.6 Å². The molecule has 0 saturated carbocycles. The van der Waals surface area contributed by atoms with Crippen molar-refractivity contribution in [1.29, 1.82) is 0 Å². The molecule has 0 radical (unpaired) electrons. The minimum Gasteiger partial charge on any atom is -0.395 e. The van der Waals surface area contributed by atoms with Gasteiger partial charge in [-0.2, -0.15) is 0 Å². The summed E-state index contributed by atoms with van der Waals surface area (Å²) in [5, 5.41) is 9.88. The Hall–Kier alpha value is -2.14. The molecule has 0 fully saturated rings. The predicted molar refractivity (Wildman–Crippen MR) is 79.4 cm³/mol. The zero-order chi connectivity index (χ0) is 14.5. The summed E-state index contributed by atoms with van der Waals surface area (Å²) in [5.41, 5.74) is 7.02. The van der Waals surface area contributed by atoms with Crippen LogP contribution in [0.2, 0.25) is 0 Å². The van der Waals surface area contributed by atoms with Crippen LogP contribution in [0, 0.1) is 0 Å². The molecule has 20 heavy (non-hydrogen) atoms. The number of rotatable bonds is 5. The van der Waals surface area contributed by atoms with Gasteiger partial charge in [-0.3, -0.25) is 4.79 Å². The molecule has 0 atom stereocenters. The van der Waals surface area contributed by atoms with E-state index in [1.807, 2.05) is 31.2 Å². The minimum absolute atomic E-state index is 0.0514.